The highest BCUT2D eigenvalue weighted by Crippen LogP contribution is 2.26. The minimum atomic E-state index is -1.11. The minimum Gasteiger partial charge on any atom is -0.494 e. The second-order valence-corrected chi connectivity index (χ2v) is 9.25. The fraction of sp³-hybridized carbons (Fsp3) is 0.357. The number of carbonyl (C=O) groups is 1. The highest BCUT2D eigenvalue weighted by molar-refractivity contribution is 5.93. The number of aliphatic hydroxyl groups excluding tert-OH is 1. The Labute approximate surface area is 230 Å². The van der Waals surface area contributed by atoms with E-state index in [0.29, 0.717) is 41.7 Å². The Morgan fingerprint density at radius 2 is 1.98 bits per heavy atom. The first-order valence-electron chi connectivity index (χ1n) is 13.2. The van der Waals surface area contributed by atoms with Gasteiger partial charge in [-0.2, -0.15) is 5.10 Å². The average Bonchev–Trinajstić information content (AvgIpc) is 3.37. The number of benzene rings is 2. The number of aromatic nitrogens is 4. The van der Waals surface area contributed by atoms with Crippen molar-refractivity contribution in [3.63, 3.8) is 0 Å². The van der Waals surface area contributed by atoms with E-state index in [1.165, 1.54) is 18.5 Å². The maximum absolute atomic E-state index is 13.8. The van der Waals surface area contributed by atoms with E-state index >= 15 is 0 Å². The van der Waals surface area contributed by atoms with Gasteiger partial charge in [0.05, 0.1) is 30.8 Å². The van der Waals surface area contributed by atoms with Crippen LogP contribution in [0, 0.1) is 11.6 Å². The third-order valence-electron chi connectivity index (χ3n) is 6.16. The Morgan fingerprint density at radius 1 is 1.10 bits per heavy atom. The van der Waals surface area contributed by atoms with Crippen molar-refractivity contribution >= 4 is 34.1 Å². The molecule has 0 atom stereocenters. The van der Waals surface area contributed by atoms with Crippen LogP contribution in [0.25, 0.3) is 10.9 Å². The summed E-state index contributed by atoms with van der Waals surface area (Å²) in [5, 5.41) is 22.3. The van der Waals surface area contributed by atoms with Gasteiger partial charge >= 0.3 is 0 Å². The zero-order valence-electron chi connectivity index (χ0n) is 22.3. The molecule has 0 saturated heterocycles. The molecule has 2 aromatic carbocycles. The lowest BCUT2D eigenvalue weighted by Gasteiger charge is -2.20. The summed E-state index contributed by atoms with van der Waals surface area (Å²) in [5.74, 6) is -1.01. The first-order chi connectivity index (χ1) is 19.5. The zero-order valence-corrected chi connectivity index (χ0v) is 22.3. The Morgan fingerprint density at radius 3 is 2.80 bits per heavy atom. The third-order valence-corrected chi connectivity index (χ3v) is 6.16. The Kier molecular flexibility index (Phi) is 10.3. The normalized spacial score (nSPS) is 11.2. The van der Waals surface area contributed by atoms with Crippen molar-refractivity contribution in [1.29, 1.82) is 0 Å². The number of aromatic amines is 1. The number of halogens is 2. The van der Waals surface area contributed by atoms with Gasteiger partial charge in [-0.05, 0) is 56.6 Å². The lowest BCUT2D eigenvalue weighted by Crippen LogP contribution is -2.29. The molecule has 0 radical (unpaired) electrons. The summed E-state index contributed by atoms with van der Waals surface area (Å²) in [4.78, 5) is 23.2. The second kappa shape index (κ2) is 14.3. The van der Waals surface area contributed by atoms with E-state index in [1.807, 2.05) is 18.2 Å². The van der Waals surface area contributed by atoms with Gasteiger partial charge in [-0.3, -0.25) is 9.89 Å². The smallest absolute Gasteiger partial charge is 0.230 e. The van der Waals surface area contributed by atoms with Crippen molar-refractivity contribution in [3.8, 4) is 5.75 Å². The van der Waals surface area contributed by atoms with Crippen LogP contribution in [-0.4, -0.2) is 68.9 Å². The molecule has 2 heterocycles. The number of hydrogen-bond donors (Lipinski definition) is 4. The number of fused-ring (bicyclic) bond motifs is 1. The van der Waals surface area contributed by atoms with Crippen LogP contribution in [0.15, 0.2) is 48.8 Å². The molecule has 0 aliphatic rings. The number of anilines is 3. The van der Waals surface area contributed by atoms with E-state index in [-0.39, 0.29) is 18.7 Å². The molecule has 0 spiro atoms. The highest BCUT2D eigenvalue weighted by Gasteiger charge is 2.13. The van der Waals surface area contributed by atoms with E-state index < -0.39 is 17.5 Å². The van der Waals surface area contributed by atoms with Crippen molar-refractivity contribution in [3.05, 3.63) is 66.1 Å². The largest absolute Gasteiger partial charge is 0.494 e. The number of amides is 1. The fourth-order valence-corrected chi connectivity index (χ4v) is 4.25. The summed E-state index contributed by atoms with van der Waals surface area (Å²) in [7, 11) is 0. The van der Waals surface area contributed by atoms with Crippen LogP contribution in [0.5, 0.6) is 5.75 Å². The number of H-pyrrole nitrogens is 1. The molecule has 4 rings (SSSR count). The molecule has 0 unspecified atom stereocenters. The van der Waals surface area contributed by atoms with Gasteiger partial charge in [0, 0.05) is 29.8 Å². The van der Waals surface area contributed by atoms with Crippen molar-refractivity contribution < 1.29 is 23.4 Å². The number of carbonyl (C=O) groups excluding carboxylic acids is 1. The van der Waals surface area contributed by atoms with E-state index in [1.54, 1.807) is 6.07 Å². The van der Waals surface area contributed by atoms with Crippen LogP contribution >= 0.6 is 0 Å². The molecule has 1 amide bonds. The first kappa shape index (κ1) is 28.8. The second-order valence-electron chi connectivity index (χ2n) is 9.25. The monoisotopic (exact) mass is 553 g/mol. The zero-order chi connectivity index (χ0) is 28.3. The predicted molar refractivity (Wildman–Crippen MR) is 149 cm³/mol. The van der Waals surface area contributed by atoms with Crippen LogP contribution in [0.3, 0.4) is 0 Å². The van der Waals surface area contributed by atoms with Crippen molar-refractivity contribution in [2.75, 3.05) is 43.5 Å². The number of ether oxygens (including phenoxy) is 1. The van der Waals surface area contributed by atoms with E-state index in [2.05, 4.69) is 42.6 Å². The quantitative estimate of drug-likeness (QED) is 0.159. The van der Waals surface area contributed by atoms with Gasteiger partial charge in [-0.15, -0.1) is 0 Å². The van der Waals surface area contributed by atoms with Crippen molar-refractivity contribution in [2.24, 2.45) is 0 Å². The predicted octanol–water partition coefficient (Wildman–Crippen LogP) is 4.42. The third kappa shape index (κ3) is 7.93. The van der Waals surface area contributed by atoms with Gasteiger partial charge in [-0.1, -0.05) is 13.0 Å². The van der Waals surface area contributed by atoms with Gasteiger partial charge in [0.25, 0.3) is 0 Å². The summed E-state index contributed by atoms with van der Waals surface area (Å²) < 4.78 is 33.1. The molecule has 40 heavy (non-hydrogen) atoms. The molecule has 2 aromatic heterocycles. The number of unbranched alkanes of at least 4 members (excludes halogenated alkanes) is 1. The molecule has 12 heteroatoms. The number of nitrogens with one attached hydrogen (secondary N) is 3. The SMILES string of the molecule is CCCN(CCO)CCCCOc1ccc2c(Nc3cc(CC(=O)Nc4cccc(F)c4F)[nH]n3)ncnc2c1. The number of rotatable bonds is 15. The molecular weight excluding hydrogens is 520 g/mol. The van der Waals surface area contributed by atoms with Crippen LogP contribution in [0.2, 0.25) is 0 Å². The Bertz CT molecular complexity index is 1410. The lowest BCUT2D eigenvalue weighted by atomic mass is 10.2. The Balaban J connectivity index is 1.30. The molecule has 0 fully saturated rings. The molecule has 0 aliphatic heterocycles. The van der Waals surface area contributed by atoms with Crippen molar-refractivity contribution in [1.82, 2.24) is 25.1 Å². The standard InChI is InChI=1S/C28H33F2N7O3/c1-2-10-37(12-13-38)11-3-4-14-40-20-8-9-21-24(17-20)31-18-32-28(21)34-25-15-19(35-36-25)16-26(39)33-23-7-5-6-22(29)27(23)30/h5-9,15,17-18,38H,2-4,10-14,16H2,1H3,(H,33,39)(H2,31,32,34,35,36). The first-order valence-corrected chi connectivity index (χ1v) is 13.2. The molecule has 4 aromatic rings. The molecule has 10 nitrogen and oxygen atoms in total. The highest BCUT2D eigenvalue weighted by atomic mass is 19.2. The summed E-state index contributed by atoms with van der Waals surface area (Å²) >= 11 is 0. The molecule has 0 aliphatic carbocycles. The lowest BCUT2D eigenvalue weighted by molar-refractivity contribution is -0.115. The fourth-order valence-electron chi connectivity index (χ4n) is 4.25. The topological polar surface area (TPSA) is 128 Å². The average molecular weight is 554 g/mol. The number of nitrogens with zero attached hydrogens (tertiary/aromatic N) is 4. The maximum Gasteiger partial charge on any atom is 0.230 e. The summed E-state index contributed by atoms with van der Waals surface area (Å²) in [5.41, 5.74) is 0.940. The summed E-state index contributed by atoms with van der Waals surface area (Å²) in [6.45, 7) is 5.49. The minimum absolute atomic E-state index is 0.117. The van der Waals surface area contributed by atoms with Crippen LogP contribution in [-0.2, 0) is 11.2 Å². The Hall–Kier alpha value is -4.16. The molecular formula is C28H33F2N7O3. The summed E-state index contributed by atoms with van der Waals surface area (Å²) in [6.07, 6.45) is 4.27. The van der Waals surface area contributed by atoms with E-state index in [0.717, 1.165) is 43.8 Å². The van der Waals surface area contributed by atoms with Crippen LogP contribution in [0.1, 0.15) is 31.9 Å². The van der Waals surface area contributed by atoms with E-state index in [4.69, 9.17) is 4.74 Å². The number of aliphatic hydroxyl groups is 1. The summed E-state index contributed by atoms with van der Waals surface area (Å²) in [6, 6.07) is 10.8. The van der Waals surface area contributed by atoms with Gasteiger partial charge in [0.1, 0.15) is 17.9 Å². The van der Waals surface area contributed by atoms with E-state index in [9.17, 15) is 18.7 Å². The number of hydrogen-bond acceptors (Lipinski definition) is 8. The maximum atomic E-state index is 13.8. The molecule has 212 valence electrons. The van der Waals surface area contributed by atoms with Crippen LogP contribution in [0.4, 0.5) is 26.1 Å². The van der Waals surface area contributed by atoms with Gasteiger partial charge in [0.15, 0.2) is 17.5 Å². The van der Waals surface area contributed by atoms with Crippen molar-refractivity contribution in [2.45, 2.75) is 32.6 Å². The molecule has 0 bridgehead atoms. The van der Waals surface area contributed by atoms with Gasteiger partial charge in [-0.25, -0.2) is 18.7 Å². The van der Waals surface area contributed by atoms with Gasteiger partial charge in [0.2, 0.25) is 5.91 Å². The van der Waals surface area contributed by atoms with Crippen LogP contribution < -0.4 is 15.4 Å². The molecule has 4 N–H and O–H groups in total. The van der Waals surface area contributed by atoms with Gasteiger partial charge < -0.3 is 25.4 Å². The molecule has 0 saturated carbocycles.